The van der Waals surface area contributed by atoms with Crippen molar-refractivity contribution in [1.29, 1.82) is 0 Å². The molecule has 0 bridgehead atoms. The molecular weight excluding hydrogens is 164 g/mol. The third kappa shape index (κ3) is 1.92. The van der Waals surface area contributed by atoms with Gasteiger partial charge < -0.3 is 4.74 Å². The van der Waals surface area contributed by atoms with Gasteiger partial charge in [-0.15, -0.1) is 12.3 Å². The first-order valence-electron chi connectivity index (χ1n) is 4.42. The van der Waals surface area contributed by atoms with Gasteiger partial charge in [0.25, 0.3) is 0 Å². The lowest BCUT2D eigenvalue weighted by atomic mass is 9.75. The van der Waals surface area contributed by atoms with Crippen LogP contribution >= 0.6 is 0 Å². The third-order valence-corrected chi connectivity index (χ3v) is 2.52. The van der Waals surface area contributed by atoms with Crippen molar-refractivity contribution in [2.75, 3.05) is 7.11 Å². The molecule has 2 nitrogen and oxygen atoms in total. The Hall–Kier alpha value is -1.23. The molecule has 0 aromatic carbocycles. The van der Waals surface area contributed by atoms with E-state index in [9.17, 15) is 4.79 Å². The molecule has 0 N–H and O–H groups in total. The van der Waals surface area contributed by atoms with Crippen molar-refractivity contribution in [2.24, 2.45) is 5.41 Å². The van der Waals surface area contributed by atoms with Crippen LogP contribution in [0.25, 0.3) is 0 Å². The fourth-order valence-corrected chi connectivity index (χ4v) is 1.72. The second-order valence-electron chi connectivity index (χ2n) is 3.37. The smallest absolute Gasteiger partial charge is 0.313 e. The largest absolute Gasteiger partial charge is 0.469 e. The van der Waals surface area contributed by atoms with Gasteiger partial charge in [0.1, 0.15) is 0 Å². The Labute approximate surface area is 79.0 Å². The molecule has 1 aliphatic carbocycles. The van der Waals surface area contributed by atoms with Crippen LogP contribution in [-0.4, -0.2) is 13.1 Å². The molecule has 70 valence electrons. The molecule has 1 atom stereocenters. The topological polar surface area (TPSA) is 26.3 Å². The lowest BCUT2D eigenvalue weighted by Gasteiger charge is -2.29. The summed E-state index contributed by atoms with van der Waals surface area (Å²) >= 11 is 0. The highest BCUT2D eigenvalue weighted by atomic mass is 16.5. The number of hydrogen-bond donors (Lipinski definition) is 0. The number of allylic oxidation sites excluding steroid dienone is 2. The zero-order chi connectivity index (χ0) is 9.73. The first kappa shape index (κ1) is 9.85. The quantitative estimate of drug-likeness (QED) is 0.367. The zero-order valence-corrected chi connectivity index (χ0v) is 7.88. The molecular formula is C11H14O2. The van der Waals surface area contributed by atoms with Crippen LogP contribution in [-0.2, 0) is 9.53 Å². The van der Waals surface area contributed by atoms with E-state index in [1.165, 1.54) is 7.11 Å². The molecule has 0 radical (unpaired) electrons. The highest BCUT2D eigenvalue weighted by Crippen LogP contribution is 2.36. The molecule has 2 heteroatoms. The molecule has 0 amide bonds. The van der Waals surface area contributed by atoms with Gasteiger partial charge in [-0.25, -0.2) is 0 Å². The summed E-state index contributed by atoms with van der Waals surface area (Å²) in [6, 6.07) is 0. The fraction of sp³-hybridized carbons (Fsp3) is 0.545. The van der Waals surface area contributed by atoms with Crippen molar-refractivity contribution < 1.29 is 9.53 Å². The summed E-state index contributed by atoms with van der Waals surface area (Å²) in [6.45, 7) is 0. The average Bonchev–Trinajstić information content (AvgIpc) is 2.18. The van der Waals surface area contributed by atoms with Crippen LogP contribution in [0.1, 0.15) is 25.7 Å². The molecule has 0 aromatic heterocycles. The highest BCUT2D eigenvalue weighted by Gasteiger charge is 2.38. The van der Waals surface area contributed by atoms with Crippen LogP contribution in [0.5, 0.6) is 0 Å². The van der Waals surface area contributed by atoms with Crippen molar-refractivity contribution in [3.63, 3.8) is 0 Å². The maximum atomic E-state index is 11.5. The molecule has 1 rings (SSSR count). The second-order valence-corrected chi connectivity index (χ2v) is 3.37. The van der Waals surface area contributed by atoms with Crippen molar-refractivity contribution in [3.05, 3.63) is 12.2 Å². The standard InChI is InChI=1S/C11H14O2/c1-3-7-11(10(12)13-2)8-5-4-6-9-11/h1,4-5H,6-9H2,2H3. The minimum atomic E-state index is -0.446. The average molecular weight is 178 g/mol. The summed E-state index contributed by atoms with van der Waals surface area (Å²) in [5.41, 5.74) is -0.446. The van der Waals surface area contributed by atoms with Gasteiger partial charge in [-0.1, -0.05) is 12.2 Å². The first-order chi connectivity index (χ1) is 6.25. The van der Waals surface area contributed by atoms with E-state index in [1.54, 1.807) is 0 Å². The van der Waals surface area contributed by atoms with E-state index in [4.69, 9.17) is 11.2 Å². The van der Waals surface area contributed by atoms with E-state index < -0.39 is 5.41 Å². The summed E-state index contributed by atoms with van der Waals surface area (Å²) in [5.74, 6) is 2.39. The van der Waals surface area contributed by atoms with E-state index in [0.29, 0.717) is 12.8 Å². The highest BCUT2D eigenvalue weighted by molar-refractivity contribution is 5.77. The van der Waals surface area contributed by atoms with Gasteiger partial charge >= 0.3 is 5.97 Å². The SMILES string of the molecule is C#CCC1(C(=O)OC)CC=CCC1. The molecule has 0 spiro atoms. The lowest BCUT2D eigenvalue weighted by Crippen LogP contribution is -2.32. The van der Waals surface area contributed by atoms with Crippen LogP contribution < -0.4 is 0 Å². The van der Waals surface area contributed by atoms with E-state index in [-0.39, 0.29) is 5.97 Å². The number of terminal acetylenes is 1. The summed E-state index contributed by atoms with van der Waals surface area (Å²) in [4.78, 5) is 11.5. The number of methoxy groups -OCH3 is 1. The monoisotopic (exact) mass is 178 g/mol. The van der Waals surface area contributed by atoms with Gasteiger partial charge in [0, 0.05) is 6.42 Å². The normalized spacial score (nSPS) is 26.5. The molecule has 0 saturated carbocycles. The maximum Gasteiger partial charge on any atom is 0.313 e. The maximum absolute atomic E-state index is 11.5. The van der Waals surface area contributed by atoms with Crippen LogP contribution in [0.4, 0.5) is 0 Å². The molecule has 0 saturated heterocycles. The Balaban J connectivity index is 2.81. The van der Waals surface area contributed by atoms with E-state index >= 15 is 0 Å². The number of ether oxygens (including phenoxy) is 1. The number of carbonyl (C=O) groups excluding carboxylic acids is 1. The van der Waals surface area contributed by atoms with Crippen LogP contribution in [0, 0.1) is 17.8 Å². The van der Waals surface area contributed by atoms with E-state index in [2.05, 4.69) is 12.0 Å². The minimum Gasteiger partial charge on any atom is -0.469 e. The molecule has 0 fully saturated rings. The van der Waals surface area contributed by atoms with Gasteiger partial charge in [0.05, 0.1) is 12.5 Å². The van der Waals surface area contributed by atoms with E-state index in [1.807, 2.05) is 6.08 Å². The molecule has 13 heavy (non-hydrogen) atoms. The molecule has 0 heterocycles. The first-order valence-corrected chi connectivity index (χ1v) is 4.42. The predicted octanol–water partition coefficient (Wildman–Crippen LogP) is 1.91. The third-order valence-electron chi connectivity index (χ3n) is 2.52. The summed E-state index contributed by atoms with van der Waals surface area (Å²) in [5, 5.41) is 0. The van der Waals surface area contributed by atoms with E-state index in [0.717, 1.165) is 12.8 Å². The lowest BCUT2D eigenvalue weighted by molar-refractivity contribution is -0.153. The van der Waals surface area contributed by atoms with Gasteiger partial charge in [0.15, 0.2) is 0 Å². The Bertz CT molecular complexity index is 260. The molecule has 1 unspecified atom stereocenters. The fourth-order valence-electron chi connectivity index (χ4n) is 1.72. The molecule has 0 aromatic rings. The summed E-state index contributed by atoms with van der Waals surface area (Å²) < 4.78 is 4.78. The van der Waals surface area contributed by atoms with Crippen molar-refractivity contribution in [1.82, 2.24) is 0 Å². The summed E-state index contributed by atoms with van der Waals surface area (Å²) in [7, 11) is 1.42. The summed E-state index contributed by atoms with van der Waals surface area (Å²) in [6.07, 6.45) is 12.3. The minimum absolute atomic E-state index is 0.171. The Morgan fingerprint density at radius 2 is 2.46 bits per heavy atom. The number of hydrogen-bond acceptors (Lipinski definition) is 2. The van der Waals surface area contributed by atoms with Crippen molar-refractivity contribution in [3.8, 4) is 12.3 Å². The number of rotatable bonds is 2. The van der Waals surface area contributed by atoms with Gasteiger partial charge in [0.2, 0.25) is 0 Å². The Morgan fingerprint density at radius 1 is 1.69 bits per heavy atom. The molecule has 1 aliphatic rings. The van der Waals surface area contributed by atoms with Crippen molar-refractivity contribution in [2.45, 2.75) is 25.7 Å². The van der Waals surface area contributed by atoms with Crippen LogP contribution in [0.3, 0.4) is 0 Å². The Morgan fingerprint density at radius 3 is 2.92 bits per heavy atom. The number of esters is 1. The van der Waals surface area contributed by atoms with Crippen molar-refractivity contribution >= 4 is 5.97 Å². The van der Waals surface area contributed by atoms with Gasteiger partial charge in [-0.05, 0) is 19.3 Å². The number of carbonyl (C=O) groups is 1. The predicted molar refractivity (Wildman–Crippen MR) is 50.9 cm³/mol. The zero-order valence-electron chi connectivity index (χ0n) is 7.88. The Kier molecular flexibility index (Phi) is 3.13. The van der Waals surface area contributed by atoms with Crippen LogP contribution in [0.15, 0.2) is 12.2 Å². The van der Waals surface area contributed by atoms with Crippen LogP contribution in [0.2, 0.25) is 0 Å². The van der Waals surface area contributed by atoms with Gasteiger partial charge in [-0.2, -0.15) is 0 Å². The molecule has 0 aliphatic heterocycles. The van der Waals surface area contributed by atoms with Gasteiger partial charge in [-0.3, -0.25) is 4.79 Å². The second kappa shape index (κ2) is 4.13.